The van der Waals surface area contributed by atoms with Crippen molar-refractivity contribution in [3.05, 3.63) is 83.2 Å². The molecule has 2 N–H and O–H groups in total. The molecule has 0 atom stereocenters. The van der Waals surface area contributed by atoms with Crippen molar-refractivity contribution in [3.63, 3.8) is 0 Å². The van der Waals surface area contributed by atoms with E-state index in [1.54, 1.807) is 6.33 Å². The van der Waals surface area contributed by atoms with Crippen LogP contribution in [-0.4, -0.2) is 15.9 Å². The van der Waals surface area contributed by atoms with Gasteiger partial charge in [0.2, 0.25) is 0 Å². The molecule has 0 bridgehead atoms. The molecule has 148 valence electrons. The van der Waals surface area contributed by atoms with Crippen LogP contribution in [-0.2, 0) is 6.54 Å². The number of carbonyl (C=O) groups excluding carboxylic acids is 1. The Bertz CT molecular complexity index is 1290. The molecule has 0 spiro atoms. The van der Waals surface area contributed by atoms with Crippen LogP contribution < -0.4 is 15.4 Å². The third-order valence-electron chi connectivity index (χ3n) is 5.40. The zero-order chi connectivity index (χ0) is 20.7. The van der Waals surface area contributed by atoms with Gasteiger partial charge in [-0.25, -0.2) is 9.97 Å². The molecule has 0 aliphatic carbocycles. The van der Waals surface area contributed by atoms with Crippen LogP contribution in [0.25, 0.3) is 10.9 Å². The first-order valence-electron chi connectivity index (χ1n) is 9.76. The second-order valence-corrected chi connectivity index (χ2v) is 7.36. The van der Waals surface area contributed by atoms with Crippen LogP contribution >= 0.6 is 0 Å². The smallest absolute Gasteiger partial charge is 0.255 e. The SMILES string of the molecule is Cc1cc2ncnc(Nc3ccc(Oc4ccccc4)c4c3CNC4=O)c2cc1C. The Hall–Kier alpha value is -3.93. The highest BCUT2D eigenvalue weighted by atomic mass is 16.5. The Morgan fingerprint density at radius 3 is 2.63 bits per heavy atom. The third-order valence-corrected chi connectivity index (χ3v) is 5.40. The van der Waals surface area contributed by atoms with Crippen LogP contribution in [0.5, 0.6) is 11.5 Å². The molecule has 0 saturated carbocycles. The molecule has 0 saturated heterocycles. The Morgan fingerprint density at radius 1 is 1.00 bits per heavy atom. The summed E-state index contributed by atoms with van der Waals surface area (Å²) in [6, 6.07) is 17.3. The summed E-state index contributed by atoms with van der Waals surface area (Å²) < 4.78 is 5.98. The van der Waals surface area contributed by atoms with Gasteiger partial charge in [0, 0.05) is 23.2 Å². The number of fused-ring (bicyclic) bond motifs is 2. The number of ether oxygens (including phenoxy) is 1. The second-order valence-electron chi connectivity index (χ2n) is 7.36. The van der Waals surface area contributed by atoms with Crippen LogP contribution in [0.15, 0.2) is 60.9 Å². The molecular formula is C24H20N4O2. The number of nitrogens with zero attached hydrogens (tertiary/aromatic N) is 2. The molecule has 1 aromatic heterocycles. The molecule has 30 heavy (non-hydrogen) atoms. The summed E-state index contributed by atoms with van der Waals surface area (Å²) in [4.78, 5) is 21.4. The molecule has 6 heteroatoms. The zero-order valence-electron chi connectivity index (χ0n) is 16.7. The minimum Gasteiger partial charge on any atom is -0.457 e. The van der Waals surface area contributed by atoms with E-state index in [9.17, 15) is 4.79 Å². The van der Waals surface area contributed by atoms with Crippen molar-refractivity contribution in [1.82, 2.24) is 15.3 Å². The fraction of sp³-hybridized carbons (Fsp3) is 0.125. The molecule has 2 heterocycles. The van der Waals surface area contributed by atoms with Gasteiger partial charge in [-0.3, -0.25) is 4.79 Å². The van der Waals surface area contributed by atoms with E-state index in [0.717, 1.165) is 22.2 Å². The molecular weight excluding hydrogens is 376 g/mol. The zero-order valence-corrected chi connectivity index (χ0v) is 16.7. The van der Waals surface area contributed by atoms with Crippen molar-refractivity contribution in [1.29, 1.82) is 0 Å². The minimum atomic E-state index is -0.140. The van der Waals surface area contributed by atoms with Crippen molar-refractivity contribution < 1.29 is 9.53 Å². The first-order valence-corrected chi connectivity index (χ1v) is 9.76. The standard InChI is InChI=1S/C24H20N4O2/c1-14-10-17-20(11-15(14)2)26-13-27-23(17)28-19-8-9-21(22-18(19)12-25-24(22)29)30-16-6-4-3-5-7-16/h3-11,13H,12H2,1-2H3,(H,25,29)(H,26,27,28). The largest absolute Gasteiger partial charge is 0.457 e. The lowest BCUT2D eigenvalue weighted by atomic mass is 10.0. The molecule has 0 radical (unpaired) electrons. The van der Waals surface area contributed by atoms with Crippen LogP contribution in [0.2, 0.25) is 0 Å². The molecule has 3 aromatic carbocycles. The summed E-state index contributed by atoms with van der Waals surface area (Å²) in [6.07, 6.45) is 1.55. The molecule has 6 nitrogen and oxygen atoms in total. The highest BCUT2D eigenvalue weighted by Crippen LogP contribution is 2.36. The predicted molar refractivity (Wildman–Crippen MR) is 116 cm³/mol. The number of amides is 1. The molecule has 0 unspecified atom stereocenters. The highest BCUT2D eigenvalue weighted by molar-refractivity contribution is 6.03. The van der Waals surface area contributed by atoms with E-state index in [1.807, 2.05) is 42.5 Å². The molecule has 0 fully saturated rings. The van der Waals surface area contributed by atoms with E-state index in [0.29, 0.717) is 29.4 Å². The minimum absolute atomic E-state index is 0.140. The van der Waals surface area contributed by atoms with Gasteiger partial charge in [0.15, 0.2) is 0 Å². The maximum atomic E-state index is 12.5. The maximum Gasteiger partial charge on any atom is 0.255 e. The van der Waals surface area contributed by atoms with Crippen molar-refractivity contribution in [2.75, 3.05) is 5.32 Å². The molecule has 1 aliphatic rings. The summed E-state index contributed by atoms with van der Waals surface area (Å²) in [6.45, 7) is 4.57. The highest BCUT2D eigenvalue weighted by Gasteiger charge is 2.27. The van der Waals surface area contributed by atoms with Gasteiger partial charge in [-0.2, -0.15) is 0 Å². The van der Waals surface area contributed by atoms with Crippen molar-refractivity contribution in [2.24, 2.45) is 0 Å². The van der Waals surface area contributed by atoms with Gasteiger partial charge in [-0.15, -0.1) is 0 Å². The van der Waals surface area contributed by atoms with Crippen LogP contribution in [0.4, 0.5) is 11.5 Å². The summed E-state index contributed by atoms with van der Waals surface area (Å²) in [5.74, 6) is 1.79. The third kappa shape index (κ3) is 3.12. The number of aryl methyl sites for hydroxylation is 2. The second kappa shape index (κ2) is 7.15. The van der Waals surface area contributed by atoms with Gasteiger partial charge >= 0.3 is 0 Å². The number of aromatic nitrogens is 2. The quantitative estimate of drug-likeness (QED) is 0.506. The fourth-order valence-electron chi connectivity index (χ4n) is 3.68. The Balaban J connectivity index is 1.56. The van der Waals surface area contributed by atoms with Gasteiger partial charge in [0.1, 0.15) is 23.6 Å². The van der Waals surface area contributed by atoms with Gasteiger partial charge < -0.3 is 15.4 Å². The number of rotatable bonds is 4. The number of hydrogen-bond acceptors (Lipinski definition) is 5. The van der Waals surface area contributed by atoms with Crippen molar-refractivity contribution >= 4 is 28.3 Å². The number of hydrogen-bond donors (Lipinski definition) is 2. The first-order chi connectivity index (χ1) is 14.6. The van der Waals surface area contributed by atoms with Gasteiger partial charge in [0.25, 0.3) is 5.91 Å². The summed E-state index contributed by atoms with van der Waals surface area (Å²) in [7, 11) is 0. The number of carbonyl (C=O) groups is 1. The number of nitrogens with one attached hydrogen (secondary N) is 2. The number of para-hydroxylation sites is 1. The monoisotopic (exact) mass is 396 g/mol. The fourth-order valence-corrected chi connectivity index (χ4v) is 3.68. The topological polar surface area (TPSA) is 76.1 Å². The van der Waals surface area contributed by atoms with Crippen LogP contribution in [0.3, 0.4) is 0 Å². The van der Waals surface area contributed by atoms with E-state index in [4.69, 9.17) is 4.74 Å². The number of benzene rings is 3. The normalized spacial score (nSPS) is 12.5. The van der Waals surface area contributed by atoms with Crippen LogP contribution in [0, 0.1) is 13.8 Å². The average Bonchev–Trinajstić information content (AvgIpc) is 3.14. The maximum absolute atomic E-state index is 12.5. The first kappa shape index (κ1) is 18.1. The number of anilines is 2. The van der Waals surface area contributed by atoms with E-state index in [1.165, 1.54) is 11.1 Å². The van der Waals surface area contributed by atoms with Gasteiger partial charge in [-0.05, 0) is 61.4 Å². The summed E-state index contributed by atoms with van der Waals surface area (Å²) in [5, 5.41) is 7.25. The lowest BCUT2D eigenvalue weighted by molar-refractivity contribution is 0.0964. The van der Waals surface area contributed by atoms with E-state index in [-0.39, 0.29) is 5.91 Å². The lowest BCUT2D eigenvalue weighted by Crippen LogP contribution is -2.13. The van der Waals surface area contributed by atoms with E-state index < -0.39 is 0 Å². The lowest BCUT2D eigenvalue weighted by Gasteiger charge is -2.15. The molecule has 1 amide bonds. The predicted octanol–water partition coefficient (Wildman–Crippen LogP) is 5.03. The summed E-state index contributed by atoms with van der Waals surface area (Å²) in [5.41, 5.74) is 5.48. The molecule has 1 aliphatic heterocycles. The Kier molecular flexibility index (Phi) is 4.32. The molecule has 4 aromatic rings. The van der Waals surface area contributed by atoms with E-state index in [2.05, 4.69) is 46.6 Å². The van der Waals surface area contributed by atoms with Crippen molar-refractivity contribution in [3.8, 4) is 11.5 Å². The van der Waals surface area contributed by atoms with E-state index >= 15 is 0 Å². The average molecular weight is 396 g/mol. The molecule has 5 rings (SSSR count). The Morgan fingerprint density at radius 2 is 1.80 bits per heavy atom. The van der Waals surface area contributed by atoms with Crippen molar-refractivity contribution in [2.45, 2.75) is 20.4 Å². The van der Waals surface area contributed by atoms with Gasteiger partial charge in [-0.1, -0.05) is 18.2 Å². The Labute approximate surface area is 173 Å². The van der Waals surface area contributed by atoms with Crippen LogP contribution in [0.1, 0.15) is 27.0 Å². The van der Waals surface area contributed by atoms with Gasteiger partial charge in [0.05, 0.1) is 11.1 Å². The summed E-state index contributed by atoms with van der Waals surface area (Å²) >= 11 is 0.